The van der Waals surface area contributed by atoms with Gasteiger partial charge in [0.1, 0.15) is 0 Å². The van der Waals surface area contributed by atoms with E-state index in [0.29, 0.717) is 0 Å². The molecule has 0 bridgehead atoms. The average molecular weight is 196 g/mol. The highest BCUT2D eigenvalue weighted by molar-refractivity contribution is 5.79. The van der Waals surface area contributed by atoms with Gasteiger partial charge >= 0.3 is 0 Å². The summed E-state index contributed by atoms with van der Waals surface area (Å²) in [6.07, 6.45) is 6.31. The summed E-state index contributed by atoms with van der Waals surface area (Å²) in [6.45, 7) is 2.75. The Hall–Kier alpha value is -0.570. The lowest BCUT2D eigenvalue weighted by Gasteiger charge is -2.09. The maximum absolute atomic E-state index is 11.6. The minimum Gasteiger partial charge on any atom is -0.356 e. The van der Waals surface area contributed by atoms with Gasteiger partial charge in [-0.3, -0.25) is 4.79 Å². The second-order valence-electron chi connectivity index (χ2n) is 4.57. The molecule has 80 valence electrons. The lowest BCUT2D eigenvalue weighted by molar-refractivity contribution is -0.124. The van der Waals surface area contributed by atoms with Crippen molar-refractivity contribution >= 4 is 5.91 Å². The molecule has 2 aliphatic rings. The molecule has 0 radical (unpaired) electrons. The van der Waals surface area contributed by atoms with E-state index in [9.17, 15) is 4.79 Å². The Balaban J connectivity index is 1.52. The third-order valence-corrected chi connectivity index (χ3v) is 3.22. The largest absolute Gasteiger partial charge is 0.356 e. The molecule has 3 heteroatoms. The summed E-state index contributed by atoms with van der Waals surface area (Å²) in [4.78, 5) is 11.6. The van der Waals surface area contributed by atoms with E-state index in [4.69, 9.17) is 0 Å². The first-order valence-electron chi connectivity index (χ1n) is 5.84. The zero-order valence-electron chi connectivity index (χ0n) is 8.72. The van der Waals surface area contributed by atoms with Crippen LogP contribution in [0.3, 0.4) is 0 Å². The van der Waals surface area contributed by atoms with Crippen LogP contribution in [0.4, 0.5) is 0 Å². The molecule has 2 N–H and O–H groups in total. The Morgan fingerprint density at radius 3 is 2.86 bits per heavy atom. The van der Waals surface area contributed by atoms with Gasteiger partial charge in [-0.1, -0.05) is 12.8 Å². The van der Waals surface area contributed by atoms with Gasteiger partial charge in [0.05, 0.1) is 5.92 Å². The summed E-state index contributed by atoms with van der Waals surface area (Å²) < 4.78 is 0. The van der Waals surface area contributed by atoms with Crippen molar-refractivity contribution in [2.45, 2.75) is 32.1 Å². The predicted octanol–water partition coefficient (Wildman–Crippen LogP) is 0.902. The highest BCUT2D eigenvalue weighted by atomic mass is 16.1. The van der Waals surface area contributed by atoms with Crippen LogP contribution < -0.4 is 10.6 Å². The van der Waals surface area contributed by atoms with Crippen molar-refractivity contribution in [1.82, 2.24) is 10.6 Å². The van der Waals surface area contributed by atoms with Crippen molar-refractivity contribution in [3.8, 4) is 0 Å². The molecule has 1 saturated heterocycles. The van der Waals surface area contributed by atoms with Crippen LogP contribution in [0, 0.1) is 11.8 Å². The molecule has 1 unspecified atom stereocenters. The summed E-state index contributed by atoms with van der Waals surface area (Å²) in [5.41, 5.74) is 0. The van der Waals surface area contributed by atoms with Crippen LogP contribution in [-0.4, -0.2) is 25.5 Å². The predicted molar refractivity (Wildman–Crippen MR) is 55.9 cm³/mol. The molecular formula is C11H20N2O. The van der Waals surface area contributed by atoms with Gasteiger partial charge in [0, 0.05) is 13.1 Å². The van der Waals surface area contributed by atoms with Crippen LogP contribution in [0.2, 0.25) is 0 Å². The molecule has 14 heavy (non-hydrogen) atoms. The van der Waals surface area contributed by atoms with Gasteiger partial charge in [-0.2, -0.15) is 0 Å². The second-order valence-corrected chi connectivity index (χ2v) is 4.57. The van der Waals surface area contributed by atoms with Gasteiger partial charge in [0.15, 0.2) is 0 Å². The fraction of sp³-hybridized carbons (Fsp3) is 0.909. The van der Waals surface area contributed by atoms with E-state index < -0.39 is 0 Å². The molecule has 1 saturated carbocycles. The van der Waals surface area contributed by atoms with E-state index >= 15 is 0 Å². The first-order valence-corrected chi connectivity index (χ1v) is 5.84. The highest BCUT2D eigenvalue weighted by Gasteiger charge is 2.23. The van der Waals surface area contributed by atoms with E-state index in [-0.39, 0.29) is 11.8 Å². The zero-order valence-corrected chi connectivity index (χ0v) is 8.72. The maximum Gasteiger partial charge on any atom is 0.224 e. The fourth-order valence-corrected chi connectivity index (χ4v) is 2.03. The molecule has 1 aliphatic heterocycles. The van der Waals surface area contributed by atoms with E-state index in [1.165, 1.54) is 19.3 Å². The molecule has 1 aliphatic carbocycles. The van der Waals surface area contributed by atoms with Gasteiger partial charge < -0.3 is 10.6 Å². The van der Waals surface area contributed by atoms with Crippen LogP contribution in [0.5, 0.6) is 0 Å². The molecule has 1 atom stereocenters. The number of hydrogen-bond donors (Lipinski definition) is 2. The normalized spacial score (nSPS) is 26.4. The van der Waals surface area contributed by atoms with Crippen molar-refractivity contribution in [1.29, 1.82) is 0 Å². The van der Waals surface area contributed by atoms with E-state index in [1.807, 2.05) is 0 Å². The third kappa shape index (κ3) is 2.98. The Kier molecular flexibility index (Phi) is 3.40. The summed E-state index contributed by atoms with van der Waals surface area (Å²) in [5.74, 6) is 1.47. The van der Waals surface area contributed by atoms with Crippen LogP contribution in [0.1, 0.15) is 32.1 Å². The molecule has 1 amide bonds. The quantitative estimate of drug-likeness (QED) is 0.641. The zero-order chi connectivity index (χ0) is 9.80. The number of rotatable bonds is 5. The molecule has 1 heterocycles. The fourth-order valence-electron chi connectivity index (χ4n) is 2.03. The third-order valence-electron chi connectivity index (χ3n) is 3.22. The molecule has 0 aromatic rings. The lowest BCUT2D eigenvalue weighted by atomic mass is 10.1. The van der Waals surface area contributed by atoms with Crippen molar-refractivity contribution in [2.75, 3.05) is 19.6 Å². The number of carbonyl (C=O) groups excluding carboxylic acids is 1. The maximum atomic E-state index is 11.6. The standard InChI is InChI=1S/C11H20N2O/c14-11(10-5-7-12-8-10)13-6-1-2-9-3-4-9/h9-10,12H,1-8H2,(H,13,14). The van der Waals surface area contributed by atoms with E-state index in [0.717, 1.165) is 38.4 Å². The van der Waals surface area contributed by atoms with Crippen LogP contribution in [0.25, 0.3) is 0 Å². The van der Waals surface area contributed by atoms with Gasteiger partial charge in [-0.05, 0) is 31.7 Å². The van der Waals surface area contributed by atoms with E-state index in [2.05, 4.69) is 10.6 Å². The summed E-state index contributed by atoms with van der Waals surface area (Å²) >= 11 is 0. The van der Waals surface area contributed by atoms with Gasteiger partial charge in [0.25, 0.3) is 0 Å². The Morgan fingerprint density at radius 2 is 2.21 bits per heavy atom. The monoisotopic (exact) mass is 196 g/mol. The minimum atomic E-state index is 0.232. The number of carbonyl (C=O) groups is 1. The Morgan fingerprint density at radius 1 is 1.36 bits per heavy atom. The van der Waals surface area contributed by atoms with Crippen LogP contribution >= 0.6 is 0 Å². The van der Waals surface area contributed by atoms with Crippen molar-refractivity contribution in [3.05, 3.63) is 0 Å². The van der Waals surface area contributed by atoms with Gasteiger partial charge in [0.2, 0.25) is 5.91 Å². The first-order chi connectivity index (χ1) is 6.86. The van der Waals surface area contributed by atoms with Gasteiger partial charge in [-0.15, -0.1) is 0 Å². The molecular weight excluding hydrogens is 176 g/mol. The highest BCUT2D eigenvalue weighted by Crippen LogP contribution is 2.33. The lowest BCUT2D eigenvalue weighted by Crippen LogP contribution is -2.32. The van der Waals surface area contributed by atoms with Gasteiger partial charge in [-0.25, -0.2) is 0 Å². The van der Waals surface area contributed by atoms with E-state index in [1.54, 1.807) is 0 Å². The Labute approximate surface area is 85.6 Å². The van der Waals surface area contributed by atoms with Crippen molar-refractivity contribution < 1.29 is 4.79 Å². The number of nitrogens with one attached hydrogen (secondary N) is 2. The number of amides is 1. The Bertz CT molecular complexity index is 195. The van der Waals surface area contributed by atoms with Crippen molar-refractivity contribution in [3.63, 3.8) is 0 Å². The topological polar surface area (TPSA) is 41.1 Å². The smallest absolute Gasteiger partial charge is 0.224 e. The summed E-state index contributed by atoms with van der Waals surface area (Å²) in [5, 5.41) is 6.24. The first kappa shape index (κ1) is 9.97. The minimum absolute atomic E-state index is 0.232. The molecule has 2 fully saturated rings. The molecule has 2 rings (SSSR count). The van der Waals surface area contributed by atoms with Crippen molar-refractivity contribution in [2.24, 2.45) is 11.8 Å². The van der Waals surface area contributed by atoms with Crippen LogP contribution in [-0.2, 0) is 4.79 Å². The second kappa shape index (κ2) is 4.78. The van der Waals surface area contributed by atoms with Crippen LogP contribution in [0.15, 0.2) is 0 Å². The molecule has 0 spiro atoms. The summed E-state index contributed by atoms with van der Waals surface area (Å²) in [7, 11) is 0. The molecule has 0 aromatic heterocycles. The molecule has 3 nitrogen and oxygen atoms in total. The SMILES string of the molecule is O=C(NCCCC1CC1)C1CCNC1. The average Bonchev–Trinajstić information content (AvgIpc) is 2.84. The molecule has 0 aromatic carbocycles. The summed E-state index contributed by atoms with van der Waals surface area (Å²) in [6, 6.07) is 0. The number of hydrogen-bond acceptors (Lipinski definition) is 2.